The van der Waals surface area contributed by atoms with Crippen LogP contribution in [0.3, 0.4) is 0 Å². The number of allylic oxidation sites excluding steroid dienone is 2. The lowest BCUT2D eigenvalue weighted by molar-refractivity contribution is -0.118. The number of rotatable bonds is 4. The summed E-state index contributed by atoms with van der Waals surface area (Å²) >= 11 is 5.94. The third kappa shape index (κ3) is 3.52. The van der Waals surface area contributed by atoms with E-state index in [1.807, 2.05) is 0 Å². The predicted molar refractivity (Wildman–Crippen MR) is 82.6 cm³/mol. The molecule has 0 aromatic heterocycles. The van der Waals surface area contributed by atoms with Crippen LogP contribution < -0.4 is 0 Å². The molecule has 1 aliphatic carbocycles. The molecule has 6 nitrogen and oxygen atoms in total. The second-order valence-electron chi connectivity index (χ2n) is 4.83. The van der Waals surface area contributed by atoms with Gasteiger partial charge in [-0.15, -0.1) is 0 Å². The number of hydrogen-bond acceptors (Lipinski definition) is 6. The van der Waals surface area contributed by atoms with Crippen molar-refractivity contribution in [3.63, 3.8) is 0 Å². The molecule has 1 aliphatic rings. The number of likely N-dealkylation sites (N-methyl/N-ethyl adjacent to an activating group) is 1. The standard InChI is InChI=1S/C15H15ClN2O4/c1-18(4-5-19)13-8-14(21)12(7-15(13)22)17-11-3-2-9(20)6-10(11)16/h2-3,6,8,19-20H,4-5,7H2,1H3. The molecule has 2 rings (SSSR count). The smallest absolute Gasteiger partial charge is 0.202 e. The summed E-state index contributed by atoms with van der Waals surface area (Å²) in [5.41, 5.74) is 0.671. The largest absolute Gasteiger partial charge is 0.508 e. The molecular weight excluding hydrogens is 308 g/mol. The maximum Gasteiger partial charge on any atom is 0.202 e. The van der Waals surface area contributed by atoms with Crippen molar-refractivity contribution in [3.8, 4) is 5.75 Å². The lowest BCUT2D eigenvalue weighted by Crippen LogP contribution is -2.33. The van der Waals surface area contributed by atoms with Gasteiger partial charge in [0.15, 0.2) is 5.78 Å². The van der Waals surface area contributed by atoms with E-state index in [-0.39, 0.29) is 53.3 Å². The Morgan fingerprint density at radius 2 is 2.09 bits per heavy atom. The molecule has 0 unspecified atom stereocenters. The Balaban J connectivity index is 2.30. The minimum Gasteiger partial charge on any atom is -0.508 e. The summed E-state index contributed by atoms with van der Waals surface area (Å²) in [6.07, 6.45) is 1.09. The first-order valence-electron chi connectivity index (χ1n) is 6.59. The molecule has 0 radical (unpaired) electrons. The highest BCUT2D eigenvalue weighted by atomic mass is 35.5. The first kappa shape index (κ1) is 16.2. The lowest BCUT2D eigenvalue weighted by Gasteiger charge is -2.23. The number of aromatic hydroxyl groups is 1. The number of Topliss-reactive ketones (excluding diaryl/α,β-unsaturated/α-hetero) is 1. The van der Waals surface area contributed by atoms with Crippen molar-refractivity contribution < 1.29 is 19.8 Å². The van der Waals surface area contributed by atoms with E-state index >= 15 is 0 Å². The van der Waals surface area contributed by atoms with Gasteiger partial charge in [0.25, 0.3) is 0 Å². The van der Waals surface area contributed by atoms with Gasteiger partial charge in [0.1, 0.15) is 5.75 Å². The molecule has 0 atom stereocenters. The van der Waals surface area contributed by atoms with Gasteiger partial charge in [-0.05, 0) is 12.1 Å². The fraction of sp³-hybridized carbons (Fsp3) is 0.267. The van der Waals surface area contributed by atoms with E-state index in [0.29, 0.717) is 5.69 Å². The quantitative estimate of drug-likeness (QED) is 0.876. The second kappa shape index (κ2) is 6.72. The van der Waals surface area contributed by atoms with Crippen molar-refractivity contribution in [2.24, 2.45) is 4.99 Å². The van der Waals surface area contributed by atoms with Crippen molar-refractivity contribution in [1.82, 2.24) is 4.90 Å². The van der Waals surface area contributed by atoms with E-state index < -0.39 is 0 Å². The molecule has 0 aliphatic heterocycles. The molecular formula is C15H15ClN2O4. The number of aliphatic hydroxyl groups excluding tert-OH is 1. The average molecular weight is 323 g/mol. The van der Waals surface area contributed by atoms with Gasteiger partial charge in [0, 0.05) is 25.7 Å². The number of ketones is 2. The molecule has 0 amide bonds. The van der Waals surface area contributed by atoms with Crippen LogP contribution in [0.2, 0.25) is 5.02 Å². The van der Waals surface area contributed by atoms with Crippen molar-refractivity contribution >= 4 is 34.6 Å². The zero-order valence-corrected chi connectivity index (χ0v) is 12.7. The second-order valence-corrected chi connectivity index (χ2v) is 5.24. The highest BCUT2D eigenvalue weighted by molar-refractivity contribution is 6.50. The topological polar surface area (TPSA) is 90.2 Å². The molecule has 0 bridgehead atoms. The number of nitrogens with zero attached hydrogens (tertiary/aromatic N) is 2. The molecule has 0 heterocycles. The third-order valence-corrected chi connectivity index (χ3v) is 3.50. The SMILES string of the molecule is CN(CCO)C1=CC(=O)C(=Nc2ccc(O)cc2Cl)CC1=O. The van der Waals surface area contributed by atoms with Crippen molar-refractivity contribution in [2.75, 3.05) is 20.2 Å². The summed E-state index contributed by atoms with van der Waals surface area (Å²) in [6, 6.07) is 4.18. The Kier molecular flexibility index (Phi) is 4.95. The summed E-state index contributed by atoms with van der Waals surface area (Å²) in [7, 11) is 1.63. The molecule has 1 aromatic carbocycles. The molecule has 0 fully saturated rings. The Morgan fingerprint density at radius 1 is 1.36 bits per heavy atom. The Bertz CT molecular complexity index is 682. The van der Waals surface area contributed by atoms with Crippen LogP contribution in [0.5, 0.6) is 5.75 Å². The van der Waals surface area contributed by atoms with Gasteiger partial charge >= 0.3 is 0 Å². The van der Waals surface area contributed by atoms with E-state index in [2.05, 4.69) is 4.99 Å². The van der Waals surface area contributed by atoms with Crippen LogP contribution in [0.1, 0.15) is 6.42 Å². The molecule has 1 aromatic rings. The lowest BCUT2D eigenvalue weighted by atomic mass is 9.99. The van der Waals surface area contributed by atoms with Crippen LogP contribution >= 0.6 is 11.6 Å². The van der Waals surface area contributed by atoms with Gasteiger partial charge in [-0.2, -0.15) is 0 Å². The van der Waals surface area contributed by atoms with Gasteiger partial charge in [-0.3, -0.25) is 9.59 Å². The Morgan fingerprint density at radius 3 is 2.73 bits per heavy atom. The Labute approximate surface area is 132 Å². The number of phenolic OH excluding ortho intramolecular Hbond substituents is 1. The summed E-state index contributed by atoms with van der Waals surface area (Å²) in [4.78, 5) is 29.9. The highest BCUT2D eigenvalue weighted by Gasteiger charge is 2.26. The van der Waals surface area contributed by atoms with Crippen molar-refractivity contribution in [3.05, 3.63) is 35.0 Å². The fourth-order valence-electron chi connectivity index (χ4n) is 2.04. The number of phenols is 1. The van der Waals surface area contributed by atoms with E-state index in [1.165, 1.54) is 29.2 Å². The highest BCUT2D eigenvalue weighted by Crippen LogP contribution is 2.29. The van der Waals surface area contributed by atoms with Crippen LogP contribution in [0.25, 0.3) is 0 Å². The minimum atomic E-state index is -0.372. The van der Waals surface area contributed by atoms with Gasteiger partial charge < -0.3 is 15.1 Å². The fourth-order valence-corrected chi connectivity index (χ4v) is 2.25. The molecule has 7 heteroatoms. The number of aliphatic hydroxyl groups is 1. The van der Waals surface area contributed by atoms with Gasteiger partial charge in [0.05, 0.1) is 35.1 Å². The van der Waals surface area contributed by atoms with Gasteiger partial charge in [0.2, 0.25) is 5.78 Å². The molecule has 0 spiro atoms. The number of halogens is 1. The summed E-state index contributed by atoms with van der Waals surface area (Å²) in [5.74, 6) is -0.625. The van der Waals surface area contributed by atoms with Crippen LogP contribution in [0.4, 0.5) is 5.69 Å². The van der Waals surface area contributed by atoms with E-state index in [0.717, 1.165) is 0 Å². The molecule has 2 N–H and O–H groups in total. The average Bonchev–Trinajstić information content (AvgIpc) is 2.45. The number of carbonyl (C=O) groups excluding carboxylic acids is 2. The van der Waals surface area contributed by atoms with Gasteiger partial charge in [-0.25, -0.2) is 4.99 Å². The minimum absolute atomic E-state index is 0.00666. The van der Waals surface area contributed by atoms with E-state index in [4.69, 9.17) is 16.7 Å². The van der Waals surface area contributed by atoms with Crippen molar-refractivity contribution in [1.29, 1.82) is 0 Å². The van der Waals surface area contributed by atoms with Gasteiger partial charge in [-0.1, -0.05) is 11.6 Å². The normalized spacial score (nSPS) is 16.9. The summed E-state index contributed by atoms with van der Waals surface area (Å²) in [6.45, 7) is 0.153. The van der Waals surface area contributed by atoms with Crippen LogP contribution in [-0.2, 0) is 9.59 Å². The zero-order chi connectivity index (χ0) is 16.3. The molecule has 0 saturated carbocycles. The first-order valence-corrected chi connectivity index (χ1v) is 6.97. The van der Waals surface area contributed by atoms with Crippen LogP contribution in [0.15, 0.2) is 35.0 Å². The maximum absolute atomic E-state index is 12.1. The molecule has 116 valence electrons. The number of carbonyl (C=O) groups is 2. The maximum atomic E-state index is 12.1. The monoisotopic (exact) mass is 322 g/mol. The molecule has 0 saturated heterocycles. The number of benzene rings is 1. The zero-order valence-electron chi connectivity index (χ0n) is 11.9. The van der Waals surface area contributed by atoms with E-state index in [9.17, 15) is 14.7 Å². The predicted octanol–water partition coefficient (Wildman–Crippen LogP) is 1.47. The third-order valence-electron chi connectivity index (χ3n) is 3.20. The first-order chi connectivity index (χ1) is 10.4. The summed E-state index contributed by atoms with van der Waals surface area (Å²) < 4.78 is 0. The number of aliphatic imine (C=N–C) groups is 1. The van der Waals surface area contributed by atoms with Crippen LogP contribution in [-0.4, -0.2) is 52.6 Å². The van der Waals surface area contributed by atoms with Crippen molar-refractivity contribution in [2.45, 2.75) is 6.42 Å². The number of hydrogen-bond donors (Lipinski definition) is 2. The summed E-state index contributed by atoms with van der Waals surface area (Å²) in [5, 5.41) is 18.4. The van der Waals surface area contributed by atoms with Crippen LogP contribution in [0, 0.1) is 0 Å². The van der Waals surface area contributed by atoms with E-state index in [1.54, 1.807) is 7.05 Å². The molecule has 22 heavy (non-hydrogen) atoms. The Hall–Kier alpha value is -2.18.